The molecule has 3 saturated heterocycles. The average Bonchev–Trinajstić information content (AvgIpc) is 3.30. The number of nitrogens with zero attached hydrogens (tertiary/aromatic N) is 3. The van der Waals surface area contributed by atoms with E-state index in [1.807, 2.05) is 4.90 Å². The van der Waals surface area contributed by atoms with Crippen molar-refractivity contribution in [2.24, 2.45) is 0 Å². The Kier molecular flexibility index (Phi) is 5.39. The van der Waals surface area contributed by atoms with E-state index in [9.17, 15) is 4.79 Å². The lowest BCUT2D eigenvalue weighted by Gasteiger charge is -2.41. The molecule has 0 spiro atoms. The number of hydrogen-bond acceptors (Lipinski definition) is 5. The molecular formula is C19H29N3O3. The van der Waals surface area contributed by atoms with Crippen molar-refractivity contribution in [3.8, 4) is 0 Å². The molecule has 25 heavy (non-hydrogen) atoms. The van der Waals surface area contributed by atoms with Gasteiger partial charge in [0, 0.05) is 38.8 Å². The summed E-state index contributed by atoms with van der Waals surface area (Å²) in [4.78, 5) is 19.8. The smallest absolute Gasteiger partial charge is 0.257 e. The van der Waals surface area contributed by atoms with Gasteiger partial charge in [0.25, 0.3) is 5.91 Å². The van der Waals surface area contributed by atoms with Gasteiger partial charge in [-0.05, 0) is 44.8 Å². The van der Waals surface area contributed by atoms with Crippen LogP contribution >= 0.6 is 0 Å². The van der Waals surface area contributed by atoms with Crippen LogP contribution in [0.3, 0.4) is 0 Å². The molecule has 0 radical (unpaired) electrons. The maximum Gasteiger partial charge on any atom is 0.257 e. The fourth-order valence-electron chi connectivity index (χ4n) is 4.49. The van der Waals surface area contributed by atoms with Gasteiger partial charge in [-0.1, -0.05) is 0 Å². The number of rotatable bonds is 4. The lowest BCUT2D eigenvalue weighted by Crippen LogP contribution is -2.53. The molecule has 3 aliphatic heterocycles. The molecule has 138 valence electrons. The summed E-state index contributed by atoms with van der Waals surface area (Å²) in [6.45, 7) is 8.21. The van der Waals surface area contributed by atoms with Crippen LogP contribution in [0.1, 0.15) is 36.0 Å². The summed E-state index contributed by atoms with van der Waals surface area (Å²) in [5.41, 5.74) is 0.650. The standard InChI is InChI=1S/C19H29N3O3/c23-19(16-5-13-24-15-16)22-8-3-17-18(4-9-22)25-14-12-21(17)11-10-20-6-1-2-7-20/h5,13,15,17-18H,1-4,6-12,14H2. The number of morpholine rings is 1. The van der Waals surface area contributed by atoms with Crippen LogP contribution in [-0.4, -0.2) is 85.2 Å². The van der Waals surface area contributed by atoms with Gasteiger partial charge in [0.2, 0.25) is 0 Å². The Labute approximate surface area is 149 Å². The first-order chi connectivity index (χ1) is 12.3. The van der Waals surface area contributed by atoms with Gasteiger partial charge in [0.15, 0.2) is 0 Å². The van der Waals surface area contributed by atoms with Gasteiger partial charge in [-0.15, -0.1) is 0 Å². The molecule has 3 fully saturated rings. The number of fused-ring (bicyclic) bond motifs is 1. The lowest BCUT2D eigenvalue weighted by molar-refractivity contribution is -0.0727. The Balaban J connectivity index is 1.36. The van der Waals surface area contributed by atoms with Crippen molar-refractivity contribution in [1.29, 1.82) is 0 Å². The summed E-state index contributed by atoms with van der Waals surface area (Å²) in [5.74, 6) is 0.0796. The van der Waals surface area contributed by atoms with E-state index in [1.54, 1.807) is 18.6 Å². The molecule has 6 heteroatoms. The molecule has 0 bridgehead atoms. The first-order valence-corrected chi connectivity index (χ1v) is 9.71. The summed E-state index contributed by atoms with van der Waals surface area (Å²) < 4.78 is 11.1. The second kappa shape index (κ2) is 7.89. The highest BCUT2D eigenvalue weighted by atomic mass is 16.5. The summed E-state index contributed by atoms with van der Waals surface area (Å²) >= 11 is 0. The van der Waals surface area contributed by atoms with Gasteiger partial charge < -0.3 is 19.0 Å². The maximum atomic E-state index is 12.6. The van der Waals surface area contributed by atoms with Crippen molar-refractivity contribution < 1.29 is 13.9 Å². The Morgan fingerprint density at radius 2 is 1.92 bits per heavy atom. The van der Waals surface area contributed by atoms with Crippen molar-refractivity contribution in [3.63, 3.8) is 0 Å². The Morgan fingerprint density at radius 3 is 2.72 bits per heavy atom. The van der Waals surface area contributed by atoms with Crippen molar-refractivity contribution in [3.05, 3.63) is 24.2 Å². The molecule has 0 aromatic carbocycles. The minimum absolute atomic E-state index is 0.0796. The Morgan fingerprint density at radius 1 is 1.08 bits per heavy atom. The number of carbonyl (C=O) groups excluding carboxylic acids is 1. The number of amides is 1. The fourth-order valence-corrected chi connectivity index (χ4v) is 4.49. The lowest BCUT2D eigenvalue weighted by atomic mass is 10.0. The van der Waals surface area contributed by atoms with E-state index in [-0.39, 0.29) is 12.0 Å². The Hall–Kier alpha value is -1.37. The highest BCUT2D eigenvalue weighted by Gasteiger charge is 2.35. The number of carbonyl (C=O) groups is 1. The van der Waals surface area contributed by atoms with Gasteiger partial charge in [-0.3, -0.25) is 9.69 Å². The molecule has 2 unspecified atom stereocenters. The summed E-state index contributed by atoms with van der Waals surface area (Å²) in [6, 6.07) is 2.19. The second-order valence-electron chi connectivity index (χ2n) is 7.44. The minimum Gasteiger partial charge on any atom is -0.472 e. The van der Waals surface area contributed by atoms with Crippen LogP contribution in [0.4, 0.5) is 0 Å². The third-order valence-electron chi connectivity index (χ3n) is 5.94. The van der Waals surface area contributed by atoms with E-state index < -0.39 is 0 Å². The average molecular weight is 347 g/mol. The molecule has 1 aromatic heterocycles. The summed E-state index contributed by atoms with van der Waals surface area (Å²) in [7, 11) is 0. The van der Waals surface area contributed by atoms with Crippen molar-refractivity contribution in [2.45, 2.75) is 37.8 Å². The van der Waals surface area contributed by atoms with Crippen molar-refractivity contribution in [2.75, 3.05) is 52.4 Å². The molecule has 0 saturated carbocycles. The van der Waals surface area contributed by atoms with Crippen molar-refractivity contribution in [1.82, 2.24) is 14.7 Å². The molecule has 0 N–H and O–H groups in total. The van der Waals surface area contributed by atoms with Gasteiger partial charge in [-0.25, -0.2) is 0 Å². The normalized spacial score (nSPS) is 28.7. The van der Waals surface area contributed by atoms with Crippen molar-refractivity contribution >= 4 is 5.91 Å². The first kappa shape index (κ1) is 17.1. The molecule has 1 aromatic rings. The zero-order valence-corrected chi connectivity index (χ0v) is 14.9. The number of hydrogen-bond donors (Lipinski definition) is 0. The highest BCUT2D eigenvalue weighted by molar-refractivity contribution is 5.93. The van der Waals surface area contributed by atoms with Gasteiger partial charge in [0.05, 0.1) is 24.5 Å². The monoisotopic (exact) mass is 347 g/mol. The van der Waals surface area contributed by atoms with E-state index in [0.717, 1.165) is 45.6 Å². The van der Waals surface area contributed by atoms with Crippen LogP contribution in [0.25, 0.3) is 0 Å². The van der Waals surface area contributed by atoms with Crippen LogP contribution in [0.15, 0.2) is 23.0 Å². The molecular weight excluding hydrogens is 318 g/mol. The molecule has 3 aliphatic rings. The Bertz CT molecular complexity index is 556. The second-order valence-corrected chi connectivity index (χ2v) is 7.44. The SMILES string of the molecule is O=C(c1ccoc1)N1CCC2OCCN(CCN3CCCC3)C2CC1. The summed E-state index contributed by atoms with van der Waals surface area (Å²) in [5, 5.41) is 0. The zero-order chi connectivity index (χ0) is 17.1. The van der Waals surface area contributed by atoms with Crippen LogP contribution in [0, 0.1) is 0 Å². The van der Waals surface area contributed by atoms with Crippen LogP contribution in [-0.2, 0) is 4.74 Å². The van der Waals surface area contributed by atoms with E-state index in [0.29, 0.717) is 11.6 Å². The minimum atomic E-state index is 0.0796. The van der Waals surface area contributed by atoms with Gasteiger partial charge >= 0.3 is 0 Å². The number of ether oxygens (including phenoxy) is 1. The highest BCUT2D eigenvalue weighted by Crippen LogP contribution is 2.25. The maximum absolute atomic E-state index is 12.6. The van der Waals surface area contributed by atoms with Crippen LogP contribution < -0.4 is 0 Å². The van der Waals surface area contributed by atoms with Gasteiger partial charge in [0.1, 0.15) is 6.26 Å². The number of furan rings is 1. The number of likely N-dealkylation sites (tertiary alicyclic amines) is 2. The zero-order valence-electron chi connectivity index (χ0n) is 14.9. The molecule has 1 amide bonds. The predicted molar refractivity (Wildman–Crippen MR) is 94.6 cm³/mol. The van der Waals surface area contributed by atoms with E-state index in [4.69, 9.17) is 9.15 Å². The fraction of sp³-hybridized carbons (Fsp3) is 0.737. The van der Waals surface area contributed by atoms with E-state index >= 15 is 0 Å². The first-order valence-electron chi connectivity index (χ1n) is 9.71. The molecule has 4 rings (SSSR count). The van der Waals surface area contributed by atoms with Crippen LogP contribution in [0.5, 0.6) is 0 Å². The molecule has 2 atom stereocenters. The largest absolute Gasteiger partial charge is 0.472 e. The molecule has 6 nitrogen and oxygen atoms in total. The molecule has 0 aliphatic carbocycles. The quantitative estimate of drug-likeness (QED) is 0.829. The topological polar surface area (TPSA) is 49.2 Å². The van der Waals surface area contributed by atoms with Crippen LogP contribution in [0.2, 0.25) is 0 Å². The third-order valence-corrected chi connectivity index (χ3v) is 5.94. The summed E-state index contributed by atoms with van der Waals surface area (Å²) in [6.07, 6.45) is 7.98. The van der Waals surface area contributed by atoms with E-state index in [2.05, 4.69) is 9.80 Å². The molecule has 4 heterocycles. The predicted octanol–water partition coefficient (Wildman–Crippen LogP) is 1.68. The van der Waals surface area contributed by atoms with Gasteiger partial charge in [-0.2, -0.15) is 0 Å². The third kappa shape index (κ3) is 3.91. The van der Waals surface area contributed by atoms with E-state index in [1.165, 1.54) is 32.5 Å².